The van der Waals surface area contributed by atoms with E-state index < -0.39 is 0 Å². The first-order chi connectivity index (χ1) is 9.21. The maximum absolute atomic E-state index is 11.3. The summed E-state index contributed by atoms with van der Waals surface area (Å²) in [5.41, 5.74) is 0.472. The summed E-state index contributed by atoms with van der Waals surface area (Å²) in [5.74, 6) is 0.420. The number of hydrogen-bond donors (Lipinski definition) is 1. The Morgan fingerprint density at radius 1 is 1.37 bits per heavy atom. The molecule has 0 amide bonds. The summed E-state index contributed by atoms with van der Waals surface area (Å²) in [6.07, 6.45) is 7.44. The summed E-state index contributed by atoms with van der Waals surface area (Å²) in [4.78, 5) is 11.3. The fraction of sp³-hybridized carbons (Fsp3) is 0.667. The minimum Gasteiger partial charge on any atom is -0.467 e. The van der Waals surface area contributed by atoms with E-state index in [2.05, 4.69) is 23.9 Å². The minimum atomic E-state index is -0.355. The molecule has 0 fully saturated rings. The first kappa shape index (κ1) is 15.8. The van der Waals surface area contributed by atoms with Gasteiger partial charge in [-0.25, -0.2) is 4.79 Å². The maximum atomic E-state index is 11.3. The molecule has 1 unspecified atom stereocenters. The van der Waals surface area contributed by atoms with Gasteiger partial charge in [0.05, 0.1) is 19.2 Å². The molecule has 4 nitrogen and oxygen atoms in total. The van der Waals surface area contributed by atoms with Crippen molar-refractivity contribution in [2.75, 3.05) is 7.11 Å². The quantitative estimate of drug-likeness (QED) is 0.696. The van der Waals surface area contributed by atoms with Gasteiger partial charge in [-0.3, -0.25) is 0 Å². The van der Waals surface area contributed by atoms with Gasteiger partial charge in [0.25, 0.3) is 0 Å². The molecule has 1 heterocycles. The number of hydrogen-bond acceptors (Lipinski definition) is 4. The molecule has 1 aromatic heterocycles. The molecule has 4 heteroatoms. The molecule has 1 N–H and O–H groups in total. The first-order valence-electron chi connectivity index (χ1n) is 7.10. The van der Waals surface area contributed by atoms with Crippen LogP contribution in [0.1, 0.15) is 62.1 Å². The van der Waals surface area contributed by atoms with Crippen molar-refractivity contribution >= 4 is 5.97 Å². The van der Waals surface area contributed by atoms with Crippen LogP contribution in [0.3, 0.4) is 0 Å². The van der Waals surface area contributed by atoms with E-state index in [1.54, 1.807) is 6.07 Å². The zero-order valence-electron chi connectivity index (χ0n) is 12.2. The Kier molecular flexibility index (Phi) is 7.26. The average molecular weight is 267 g/mol. The van der Waals surface area contributed by atoms with Gasteiger partial charge in [0.15, 0.2) is 0 Å². The molecule has 0 saturated heterocycles. The summed E-state index contributed by atoms with van der Waals surface area (Å²) in [5, 5.41) is 3.50. The molecule has 0 aliphatic rings. The lowest BCUT2D eigenvalue weighted by atomic mass is 10.1. The van der Waals surface area contributed by atoms with Crippen LogP contribution in [0.2, 0.25) is 0 Å². The van der Waals surface area contributed by atoms with Crippen LogP contribution in [-0.4, -0.2) is 19.1 Å². The monoisotopic (exact) mass is 267 g/mol. The predicted octanol–water partition coefficient (Wildman–Crippen LogP) is 3.51. The third-order valence-corrected chi connectivity index (χ3v) is 3.18. The van der Waals surface area contributed by atoms with E-state index in [0.717, 1.165) is 5.76 Å². The summed E-state index contributed by atoms with van der Waals surface area (Å²) in [7, 11) is 1.37. The number of unbranched alkanes of at least 4 members (excludes halogenated alkanes) is 1. The Balaban J connectivity index is 2.44. The summed E-state index contributed by atoms with van der Waals surface area (Å²) in [6.45, 7) is 5.06. The summed E-state index contributed by atoms with van der Waals surface area (Å²) in [6, 6.07) is 2.26. The SMILES string of the molecule is CCCCC(CCC)NCc1cc(C(=O)OC)co1. The van der Waals surface area contributed by atoms with E-state index in [1.165, 1.54) is 45.5 Å². The van der Waals surface area contributed by atoms with Gasteiger partial charge in [-0.1, -0.05) is 33.1 Å². The number of furan rings is 1. The second kappa shape index (κ2) is 8.75. The largest absolute Gasteiger partial charge is 0.467 e. The van der Waals surface area contributed by atoms with Crippen LogP contribution in [-0.2, 0) is 11.3 Å². The van der Waals surface area contributed by atoms with Gasteiger partial charge < -0.3 is 14.5 Å². The molecule has 1 rings (SSSR count). The second-order valence-corrected chi connectivity index (χ2v) is 4.80. The molecule has 1 atom stereocenters. The highest BCUT2D eigenvalue weighted by Crippen LogP contribution is 2.11. The lowest BCUT2D eigenvalue weighted by Crippen LogP contribution is -2.28. The minimum absolute atomic E-state index is 0.355. The molecule has 0 aliphatic carbocycles. The van der Waals surface area contributed by atoms with Gasteiger partial charge in [0.1, 0.15) is 12.0 Å². The number of nitrogens with one attached hydrogen (secondary N) is 1. The Bertz CT molecular complexity index is 373. The van der Waals surface area contributed by atoms with Crippen LogP contribution in [0, 0.1) is 0 Å². The molecular formula is C15H25NO3. The Labute approximate surface area is 115 Å². The van der Waals surface area contributed by atoms with Gasteiger partial charge in [0, 0.05) is 6.04 Å². The molecule has 0 bridgehead atoms. The second-order valence-electron chi connectivity index (χ2n) is 4.80. The molecule has 1 aromatic rings. The Morgan fingerprint density at radius 2 is 2.16 bits per heavy atom. The molecular weight excluding hydrogens is 242 g/mol. The van der Waals surface area contributed by atoms with Gasteiger partial charge in [-0.15, -0.1) is 0 Å². The lowest BCUT2D eigenvalue weighted by Gasteiger charge is -2.16. The van der Waals surface area contributed by atoms with Gasteiger partial charge in [-0.05, 0) is 18.9 Å². The summed E-state index contributed by atoms with van der Waals surface area (Å²) >= 11 is 0. The van der Waals surface area contributed by atoms with Crippen molar-refractivity contribution in [1.29, 1.82) is 0 Å². The van der Waals surface area contributed by atoms with Crippen molar-refractivity contribution in [3.05, 3.63) is 23.7 Å². The van der Waals surface area contributed by atoms with E-state index in [1.807, 2.05) is 0 Å². The zero-order valence-corrected chi connectivity index (χ0v) is 12.2. The molecule has 0 spiro atoms. The number of esters is 1. The third kappa shape index (κ3) is 5.47. The fourth-order valence-electron chi connectivity index (χ4n) is 2.09. The molecule has 0 aromatic carbocycles. The number of ether oxygens (including phenoxy) is 1. The highest BCUT2D eigenvalue weighted by atomic mass is 16.5. The van der Waals surface area contributed by atoms with E-state index in [9.17, 15) is 4.79 Å². The van der Waals surface area contributed by atoms with E-state index in [4.69, 9.17) is 4.42 Å². The molecule has 0 saturated carbocycles. The zero-order chi connectivity index (χ0) is 14.1. The number of rotatable bonds is 9. The lowest BCUT2D eigenvalue weighted by molar-refractivity contribution is 0.0600. The fourth-order valence-corrected chi connectivity index (χ4v) is 2.09. The van der Waals surface area contributed by atoms with E-state index in [-0.39, 0.29) is 5.97 Å². The predicted molar refractivity (Wildman–Crippen MR) is 75.1 cm³/mol. The molecule has 108 valence electrons. The summed E-state index contributed by atoms with van der Waals surface area (Å²) < 4.78 is 10.0. The molecule has 19 heavy (non-hydrogen) atoms. The van der Waals surface area contributed by atoms with Gasteiger partial charge in [0.2, 0.25) is 0 Å². The van der Waals surface area contributed by atoms with E-state index in [0.29, 0.717) is 18.2 Å². The molecule has 0 aliphatic heterocycles. The highest BCUT2D eigenvalue weighted by Gasteiger charge is 2.12. The van der Waals surface area contributed by atoms with Crippen LogP contribution in [0.15, 0.2) is 16.7 Å². The Morgan fingerprint density at radius 3 is 2.79 bits per heavy atom. The number of carbonyl (C=O) groups excluding carboxylic acids is 1. The van der Waals surface area contributed by atoms with Crippen molar-refractivity contribution in [3.8, 4) is 0 Å². The van der Waals surface area contributed by atoms with Crippen molar-refractivity contribution in [2.24, 2.45) is 0 Å². The average Bonchev–Trinajstić information content (AvgIpc) is 2.90. The van der Waals surface area contributed by atoms with Crippen molar-refractivity contribution in [3.63, 3.8) is 0 Å². The topological polar surface area (TPSA) is 51.5 Å². The van der Waals surface area contributed by atoms with Crippen LogP contribution in [0.4, 0.5) is 0 Å². The van der Waals surface area contributed by atoms with Crippen LogP contribution >= 0.6 is 0 Å². The first-order valence-corrected chi connectivity index (χ1v) is 7.10. The standard InChI is InChI=1S/C15H25NO3/c1-4-6-8-13(7-5-2)16-10-14-9-12(11-19-14)15(17)18-3/h9,11,13,16H,4-8,10H2,1-3H3. The van der Waals surface area contributed by atoms with Crippen LogP contribution in [0.25, 0.3) is 0 Å². The van der Waals surface area contributed by atoms with Crippen molar-refractivity contribution < 1.29 is 13.9 Å². The number of carbonyl (C=O) groups is 1. The van der Waals surface area contributed by atoms with Crippen molar-refractivity contribution in [1.82, 2.24) is 5.32 Å². The molecule has 0 radical (unpaired) electrons. The maximum Gasteiger partial charge on any atom is 0.341 e. The normalized spacial score (nSPS) is 12.4. The Hall–Kier alpha value is -1.29. The number of methoxy groups -OCH3 is 1. The van der Waals surface area contributed by atoms with Crippen molar-refractivity contribution in [2.45, 2.75) is 58.5 Å². The van der Waals surface area contributed by atoms with Crippen LogP contribution in [0.5, 0.6) is 0 Å². The van der Waals surface area contributed by atoms with Crippen LogP contribution < -0.4 is 5.32 Å². The smallest absolute Gasteiger partial charge is 0.341 e. The third-order valence-electron chi connectivity index (χ3n) is 3.18. The van der Waals surface area contributed by atoms with E-state index >= 15 is 0 Å². The van der Waals surface area contributed by atoms with Gasteiger partial charge in [-0.2, -0.15) is 0 Å². The van der Waals surface area contributed by atoms with Gasteiger partial charge >= 0.3 is 5.97 Å². The highest BCUT2D eigenvalue weighted by molar-refractivity contribution is 5.88.